The van der Waals surface area contributed by atoms with E-state index in [1.807, 2.05) is 4.90 Å². The van der Waals surface area contributed by atoms with Crippen molar-refractivity contribution >= 4 is 5.91 Å². The fraction of sp³-hybridized carbons (Fsp3) is 0.200. The Bertz CT molecular complexity index is 972. The SMILES string of the molecule is O=C1NCCN(Cc2cn[nH]c2-c2cccc(F)c2)C1c1cccc(F)c1. The molecular formula is C20H18F2N4O. The highest BCUT2D eigenvalue weighted by Crippen LogP contribution is 2.29. The molecule has 1 unspecified atom stereocenters. The molecule has 0 saturated carbocycles. The van der Waals surface area contributed by atoms with Crippen molar-refractivity contribution in [2.75, 3.05) is 13.1 Å². The molecule has 2 heterocycles. The predicted molar refractivity (Wildman–Crippen MR) is 96.5 cm³/mol. The summed E-state index contributed by atoms with van der Waals surface area (Å²) >= 11 is 0. The van der Waals surface area contributed by atoms with Gasteiger partial charge in [0.2, 0.25) is 5.91 Å². The Morgan fingerprint density at radius 1 is 1.11 bits per heavy atom. The van der Waals surface area contributed by atoms with Crippen molar-refractivity contribution in [1.29, 1.82) is 0 Å². The smallest absolute Gasteiger partial charge is 0.242 e. The second kappa shape index (κ2) is 7.28. The lowest BCUT2D eigenvalue weighted by Gasteiger charge is -2.35. The summed E-state index contributed by atoms with van der Waals surface area (Å²) in [5.41, 5.74) is 2.84. The zero-order chi connectivity index (χ0) is 18.8. The Labute approximate surface area is 155 Å². The maximum Gasteiger partial charge on any atom is 0.242 e. The molecule has 1 aromatic heterocycles. The number of nitrogens with one attached hydrogen (secondary N) is 2. The number of carbonyl (C=O) groups excluding carboxylic acids is 1. The number of hydrogen-bond donors (Lipinski definition) is 2. The largest absolute Gasteiger partial charge is 0.353 e. The topological polar surface area (TPSA) is 61.0 Å². The number of rotatable bonds is 4. The number of halogens is 2. The molecular weight excluding hydrogens is 350 g/mol. The molecule has 2 aromatic carbocycles. The summed E-state index contributed by atoms with van der Waals surface area (Å²) in [7, 11) is 0. The average molecular weight is 368 g/mol. The van der Waals surface area contributed by atoms with Gasteiger partial charge < -0.3 is 5.32 Å². The maximum atomic E-state index is 13.7. The molecule has 7 heteroatoms. The van der Waals surface area contributed by atoms with E-state index in [1.54, 1.807) is 30.5 Å². The van der Waals surface area contributed by atoms with Gasteiger partial charge in [0.15, 0.2) is 0 Å². The predicted octanol–water partition coefficient (Wildman–Crippen LogP) is 3.03. The van der Waals surface area contributed by atoms with Gasteiger partial charge in [0.05, 0.1) is 11.9 Å². The molecule has 27 heavy (non-hydrogen) atoms. The van der Waals surface area contributed by atoms with Crippen LogP contribution in [0.15, 0.2) is 54.7 Å². The fourth-order valence-corrected chi connectivity index (χ4v) is 3.47. The average Bonchev–Trinajstić information content (AvgIpc) is 3.10. The highest BCUT2D eigenvalue weighted by molar-refractivity contribution is 5.84. The van der Waals surface area contributed by atoms with Crippen molar-refractivity contribution in [2.45, 2.75) is 12.6 Å². The minimum Gasteiger partial charge on any atom is -0.353 e. The molecule has 5 nitrogen and oxygen atoms in total. The van der Waals surface area contributed by atoms with E-state index in [9.17, 15) is 13.6 Å². The van der Waals surface area contributed by atoms with E-state index in [0.29, 0.717) is 36.5 Å². The molecule has 3 aromatic rings. The monoisotopic (exact) mass is 368 g/mol. The van der Waals surface area contributed by atoms with Crippen LogP contribution in [0.3, 0.4) is 0 Å². The zero-order valence-electron chi connectivity index (χ0n) is 14.5. The van der Waals surface area contributed by atoms with Crippen LogP contribution in [0.5, 0.6) is 0 Å². The van der Waals surface area contributed by atoms with Crippen molar-refractivity contribution in [3.63, 3.8) is 0 Å². The van der Waals surface area contributed by atoms with E-state index >= 15 is 0 Å². The minimum absolute atomic E-state index is 0.164. The van der Waals surface area contributed by atoms with Gasteiger partial charge in [-0.15, -0.1) is 0 Å². The highest BCUT2D eigenvalue weighted by Gasteiger charge is 2.32. The van der Waals surface area contributed by atoms with Crippen molar-refractivity contribution in [3.8, 4) is 11.3 Å². The molecule has 138 valence electrons. The van der Waals surface area contributed by atoms with Crippen molar-refractivity contribution in [2.24, 2.45) is 0 Å². The fourth-order valence-electron chi connectivity index (χ4n) is 3.47. The van der Waals surface area contributed by atoms with Gasteiger partial charge in [0.25, 0.3) is 0 Å². The van der Waals surface area contributed by atoms with Crippen LogP contribution in [0, 0.1) is 11.6 Å². The van der Waals surface area contributed by atoms with Gasteiger partial charge >= 0.3 is 0 Å². The Kier molecular flexibility index (Phi) is 4.68. The third-order valence-electron chi connectivity index (χ3n) is 4.68. The summed E-state index contributed by atoms with van der Waals surface area (Å²) in [5.74, 6) is -0.875. The van der Waals surface area contributed by atoms with E-state index in [4.69, 9.17) is 0 Å². The summed E-state index contributed by atoms with van der Waals surface area (Å²) in [6.07, 6.45) is 1.68. The highest BCUT2D eigenvalue weighted by atomic mass is 19.1. The van der Waals surface area contributed by atoms with Gasteiger partial charge in [-0.3, -0.25) is 14.8 Å². The molecule has 1 amide bonds. The molecule has 0 aliphatic carbocycles. The number of amides is 1. The second-order valence-corrected chi connectivity index (χ2v) is 6.50. The number of nitrogens with zero attached hydrogens (tertiary/aromatic N) is 2. The maximum absolute atomic E-state index is 13.7. The third-order valence-corrected chi connectivity index (χ3v) is 4.68. The molecule has 2 N–H and O–H groups in total. The Morgan fingerprint density at radius 3 is 2.67 bits per heavy atom. The number of aromatic nitrogens is 2. The van der Waals surface area contributed by atoms with Crippen molar-refractivity contribution in [1.82, 2.24) is 20.4 Å². The first-order chi connectivity index (χ1) is 13.1. The summed E-state index contributed by atoms with van der Waals surface area (Å²) < 4.78 is 27.3. The Hall–Kier alpha value is -3.06. The number of carbonyl (C=O) groups is 1. The van der Waals surface area contributed by atoms with Crippen LogP contribution in [-0.2, 0) is 11.3 Å². The number of aromatic amines is 1. The zero-order valence-corrected chi connectivity index (χ0v) is 14.5. The molecule has 1 atom stereocenters. The number of piperazine rings is 1. The molecule has 1 fully saturated rings. The first-order valence-electron chi connectivity index (χ1n) is 8.67. The van der Waals surface area contributed by atoms with E-state index in [-0.39, 0.29) is 17.5 Å². The summed E-state index contributed by atoms with van der Waals surface area (Å²) in [5, 5.41) is 9.84. The van der Waals surface area contributed by atoms with Crippen LogP contribution in [0.4, 0.5) is 8.78 Å². The lowest BCUT2D eigenvalue weighted by molar-refractivity contribution is -0.129. The van der Waals surface area contributed by atoms with E-state index in [1.165, 1.54) is 24.3 Å². The molecule has 1 saturated heterocycles. The van der Waals surface area contributed by atoms with E-state index in [2.05, 4.69) is 15.5 Å². The van der Waals surface area contributed by atoms with E-state index in [0.717, 1.165) is 5.56 Å². The van der Waals surface area contributed by atoms with Crippen LogP contribution < -0.4 is 5.32 Å². The molecule has 0 spiro atoms. The third kappa shape index (κ3) is 3.59. The lowest BCUT2D eigenvalue weighted by atomic mass is 10.0. The minimum atomic E-state index is -0.593. The normalized spacial score (nSPS) is 17.7. The van der Waals surface area contributed by atoms with Crippen LogP contribution in [0.1, 0.15) is 17.2 Å². The van der Waals surface area contributed by atoms with Crippen molar-refractivity contribution in [3.05, 3.63) is 77.5 Å². The van der Waals surface area contributed by atoms with Gasteiger partial charge in [0, 0.05) is 30.8 Å². The number of hydrogen-bond acceptors (Lipinski definition) is 3. The lowest BCUT2D eigenvalue weighted by Crippen LogP contribution is -2.49. The van der Waals surface area contributed by atoms with Crippen LogP contribution in [0.25, 0.3) is 11.3 Å². The second-order valence-electron chi connectivity index (χ2n) is 6.50. The molecule has 4 rings (SSSR count). The number of H-pyrrole nitrogens is 1. The molecule has 0 bridgehead atoms. The molecule has 1 aliphatic rings. The standard InChI is InChI=1S/C20H18F2N4O/c21-16-5-1-3-13(9-16)18-15(11-24-25-18)12-26-8-7-23-20(27)19(26)14-4-2-6-17(22)10-14/h1-6,9-11,19H,7-8,12H2,(H,23,27)(H,24,25). The van der Waals surface area contributed by atoms with Gasteiger partial charge in [0.1, 0.15) is 17.7 Å². The van der Waals surface area contributed by atoms with Crippen LogP contribution >= 0.6 is 0 Å². The first-order valence-corrected chi connectivity index (χ1v) is 8.67. The van der Waals surface area contributed by atoms with Gasteiger partial charge in [-0.25, -0.2) is 8.78 Å². The Morgan fingerprint density at radius 2 is 1.89 bits per heavy atom. The van der Waals surface area contributed by atoms with Crippen LogP contribution in [0.2, 0.25) is 0 Å². The van der Waals surface area contributed by atoms with E-state index < -0.39 is 6.04 Å². The summed E-state index contributed by atoms with van der Waals surface area (Å²) in [4.78, 5) is 14.5. The van der Waals surface area contributed by atoms with Gasteiger partial charge in [-0.05, 0) is 29.8 Å². The van der Waals surface area contributed by atoms with Gasteiger partial charge in [-0.1, -0.05) is 24.3 Å². The number of benzene rings is 2. The summed E-state index contributed by atoms with van der Waals surface area (Å²) in [6.45, 7) is 1.55. The quantitative estimate of drug-likeness (QED) is 0.744. The molecule has 1 aliphatic heterocycles. The first kappa shape index (κ1) is 17.4. The van der Waals surface area contributed by atoms with Crippen LogP contribution in [-0.4, -0.2) is 34.1 Å². The van der Waals surface area contributed by atoms with Gasteiger partial charge in [-0.2, -0.15) is 5.10 Å². The van der Waals surface area contributed by atoms with Crippen molar-refractivity contribution < 1.29 is 13.6 Å². The Balaban J connectivity index is 1.65. The molecule has 0 radical (unpaired) electrons. The summed E-state index contributed by atoms with van der Waals surface area (Å²) in [6, 6.07) is 11.7.